The Kier molecular flexibility index (Phi) is 2.72. The van der Waals surface area contributed by atoms with Crippen LogP contribution >= 0.6 is 23.2 Å². The van der Waals surface area contributed by atoms with Crippen LogP contribution in [0.3, 0.4) is 0 Å². The second kappa shape index (κ2) is 3.87. The molecular weight excluding hydrogens is 233 g/mol. The quantitative estimate of drug-likeness (QED) is 0.703. The molecule has 2 nitrogen and oxygen atoms in total. The minimum atomic E-state index is -0.858. The third-order valence-corrected chi connectivity index (χ3v) is 2.75. The fraction of sp³-hybridized carbons (Fsp3) is 0.182. The van der Waals surface area contributed by atoms with E-state index in [0.29, 0.717) is 0 Å². The number of pyridine rings is 1. The van der Waals surface area contributed by atoms with Gasteiger partial charge in [-0.05, 0) is 18.6 Å². The Morgan fingerprint density at radius 1 is 1.27 bits per heavy atom. The first-order valence-electron chi connectivity index (χ1n) is 4.50. The van der Waals surface area contributed by atoms with Crippen LogP contribution in [-0.2, 0) is 0 Å². The molecule has 0 aliphatic heterocycles. The van der Waals surface area contributed by atoms with Gasteiger partial charge in [-0.2, -0.15) is 0 Å². The molecule has 0 atom stereocenters. The molecule has 0 aliphatic rings. The summed E-state index contributed by atoms with van der Waals surface area (Å²) in [6.07, 6.45) is 0. The Balaban J connectivity index is 2.96. The predicted molar refractivity (Wildman–Crippen MR) is 63.7 cm³/mol. The van der Waals surface area contributed by atoms with E-state index < -0.39 is 4.96 Å². The SMILES string of the molecule is Cc1cc(=O)n(C(Cl)Cl)c2ccccc12. The minimum absolute atomic E-state index is 0.179. The fourth-order valence-corrected chi connectivity index (χ4v) is 2.07. The molecule has 2 aromatic rings. The van der Waals surface area contributed by atoms with E-state index in [4.69, 9.17) is 23.2 Å². The van der Waals surface area contributed by atoms with Gasteiger partial charge in [0.2, 0.25) is 0 Å². The second-order valence-electron chi connectivity index (χ2n) is 3.33. The second-order valence-corrected chi connectivity index (χ2v) is 4.38. The van der Waals surface area contributed by atoms with E-state index >= 15 is 0 Å². The topological polar surface area (TPSA) is 22.0 Å². The largest absolute Gasteiger partial charge is 0.278 e. The van der Waals surface area contributed by atoms with E-state index in [1.807, 2.05) is 31.2 Å². The molecule has 0 unspecified atom stereocenters. The van der Waals surface area contributed by atoms with Crippen molar-refractivity contribution >= 4 is 34.1 Å². The van der Waals surface area contributed by atoms with Gasteiger partial charge in [-0.15, -0.1) is 0 Å². The van der Waals surface area contributed by atoms with Crippen LogP contribution in [0, 0.1) is 6.92 Å². The average molecular weight is 242 g/mol. The Morgan fingerprint density at radius 2 is 1.93 bits per heavy atom. The standard InChI is InChI=1S/C11H9Cl2NO/c1-7-6-10(15)14(11(12)13)9-5-3-2-4-8(7)9/h2-6,11H,1H3. The van der Waals surface area contributed by atoms with Gasteiger partial charge in [0.25, 0.3) is 5.56 Å². The molecule has 0 radical (unpaired) electrons. The number of aromatic nitrogens is 1. The van der Waals surface area contributed by atoms with Gasteiger partial charge >= 0.3 is 0 Å². The normalized spacial score (nSPS) is 11.2. The molecule has 0 N–H and O–H groups in total. The van der Waals surface area contributed by atoms with Crippen LogP contribution in [0.1, 0.15) is 10.5 Å². The molecule has 78 valence electrons. The van der Waals surface area contributed by atoms with Crippen molar-refractivity contribution in [1.82, 2.24) is 4.57 Å². The first kappa shape index (κ1) is 10.5. The minimum Gasteiger partial charge on any atom is -0.278 e. The third-order valence-electron chi connectivity index (χ3n) is 2.36. The summed E-state index contributed by atoms with van der Waals surface area (Å²) in [6, 6.07) is 9.09. The zero-order chi connectivity index (χ0) is 11.0. The number of benzene rings is 1. The first-order valence-corrected chi connectivity index (χ1v) is 5.37. The van der Waals surface area contributed by atoms with Crippen molar-refractivity contribution in [3.05, 3.63) is 46.2 Å². The number of hydrogen-bond donors (Lipinski definition) is 0. The number of aryl methyl sites for hydroxylation is 1. The van der Waals surface area contributed by atoms with Crippen LogP contribution in [0.4, 0.5) is 0 Å². The molecule has 4 heteroatoms. The van der Waals surface area contributed by atoms with E-state index in [0.717, 1.165) is 16.5 Å². The van der Waals surface area contributed by atoms with Crippen molar-refractivity contribution in [2.75, 3.05) is 0 Å². The van der Waals surface area contributed by atoms with E-state index in [1.54, 1.807) is 6.07 Å². The lowest BCUT2D eigenvalue weighted by Crippen LogP contribution is -2.19. The lowest BCUT2D eigenvalue weighted by Gasteiger charge is -2.11. The number of nitrogens with zero attached hydrogens (tertiary/aromatic N) is 1. The molecule has 0 fully saturated rings. The molecule has 1 aromatic carbocycles. The molecule has 0 saturated carbocycles. The van der Waals surface area contributed by atoms with Gasteiger partial charge in [0.1, 0.15) is 0 Å². The van der Waals surface area contributed by atoms with Crippen LogP contribution in [0.2, 0.25) is 0 Å². The highest BCUT2D eigenvalue weighted by Crippen LogP contribution is 2.23. The van der Waals surface area contributed by atoms with Crippen molar-refractivity contribution in [3.8, 4) is 0 Å². The molecule has 0 amide bonds. The van der Waals surface area contributed by atoms with Crippen molar-refractivity contribution in [1.29, 1.82) is 0 Å². The van der Waals surface area contributed by atoms with Crippen molar-refractivity contribution in [2.24, 2.45) is 0 Å². The van der Waals surface area contributed by atoms with E-state index in [1.165, 1.54) is 4.57 Å². The van der Waals surface area contributed by atoms with Gasteiger partial charge in [-0.3, -0.25) is 9.36 Å². The number of fused-ring (bicyclic) bond motifs is 1. The zero-order valence-corrected chi connectivity index (χ0v) is 9.59. The Labute approximate surface area is 97.0 Å². The number of rotatable bonds is 1. The summed E-state index contributed by atoms with van der Waals surface area (Å²) in [5.41, 5.74) is 1.51. The maximum absolute atomic E-state index is 11.7. The van der Waals surface area contributed by atoms with E-state index in [2.05, 4.69) is 0 Å². The van der Waals surface area contributed by atoms with E-state index in [-0.39, 0.29) is 5.56 Å². The average Bonchev–Trinajstić information content (AvgIpc) is 2.17. The van der Waals surface area contributed by atoms with Crippen LogP contribution in [-0.4, -0.2) is 4.57 Å². The monoisotopic (exact) mass is 241 g/mol. The number of hydrogen-bond acceptors (Lipinski definition) is 1. The van der Waals surface area contributed by atoms with Crippen molar-refractivity contribution in [2.45, 2.75) is 11.9 Å². The molecule has 0 spiro atoms. The van der Waals surface area contributed by atoms with Crippen molar-refractivity contribution in [3.63, 3.8) is 0 Å². The maximum Gasteiger partial charge on any atom is 0.253 e. The van der Waals surface area contributed by atoms with Crippen LogP contribution < -0.4 is 5.56 Å². The molecule has 0 saturated heterocycles. The van der Waals surface area contributed by atoms with Gasteiger partial charge in [-0.1, -0.05) is 41.4 Å². The number of para-hydroxylation sites is 1. The molecule has 15 heavy (non-hydrogen) atoms. The maximum atomic E-state index is 11.7. The Hall–Kier alpha value is -0.990. The Bertz CT molecular complexity index is 560. The van der Waals surface area contributed by atoms with Gasteiger partial charge in [0.15, 0.2) is 4.96 Å². The number of alkyl halides is 2. The third kappa shape index (κ3) is 1.75. The van der Waals surface area contributed by atoms with E-state index in [9.17, 15) is 4.79 Å². The Morgan fingerprint density at radius 3 is 2.60 bits per heavy atom. The van der Waals surface area contributed by atoms with Crippen LogP contribution in [0.25, 0.3) is 10.9 Å². The molecule has 0 bridgehead atoms. The summed E-state index contributed by atoms with van der Waals surface area (Å²) in [5, 5.41) is 0.989. The zero-order valence-electron chi connectivity index (χ0n) is 8.08. The lowest BCUT2D eigenvalue weighted by molar-refractivity contribution is 0.844. The van der Waals surface area contributed by atoms with Crippen LogP contribution in [0.5, 0.6) is 0 Å². The highest BCUT2D eigenvalue weighted by Gasteiger charge is 2.10. The molecular formula is C11H9Cl2NO. The summed E-state index contributed by atoms with van der Waals surface area (Å²) >= 11 is 11.5. The summed E-state index contributed by atoms with van der Waals surface area (Å²) in [5.74, 6) is 0. The first-order chi connectivity index (χ1) is 7.11. The summed E-state index contributed by atoms with van der Waals surface area (Å²) in [4.78, 5) is 10.8. The molecule has 0 aliphatic carbocycles. The van der Waals surface area contributed by atoms with Gasteiger partial charge in [-0.25, -0.2) is 0 Å². The summed E-state index contributed by atoms with van der Waals surface area (Å²) in [7, 11) is 0. The summed E-state index contributed by atoms with van der Waals surface area (Å²) < 4.78 is 1.37. The van der Waals surface area contributed by atoms with Crippen LogP contribution in [0.15, 0.2) is 35.1 Å². The van der Waals surface area contributed by atoms with Crippen molar-refractivity contribution < 1.29 is 0 Å². The molecule has 1 heterocycles. The highest BCUT2D eigenvalue weighted by molar-refractivity contribution is 6.42. The fourth-order valence-electron chi connectivity index (χ4n) is 1.67. The predicted octanol–water partition coefficient (Wildman–Crippen LogP) is 3.24. The molecule has 1 aromatic heterocycles. The lowest BCUT2D eigenvalue weighted by atomic mass is 10.1. The smallest absolute Gasteiger partial charge is 0.253 e. The summed E-state index contributed by atoms with van der Waals surface area (Å²) in [6.45, 7) is 1.89. The van der Waals surface area contributed by atoms with Gasteiger partial charge in [0, 0.05) is 11.5 Å². The number of halogens is 2. The highest BCUT2D eigenvalue weighted by atomic mass is 35.5. The van der Waals surface area contributed by atoms with Gasteiger partial charge < -0.3 is 0 Å². The molecule has 2 rings (SSSR count). The van der Waals surface area contributed by atoms with Gasteiger partial charge in [0.05, 0.1) is 5.52 Å².